The summed E-state index contributed by atoms with van der Waals surface area (Å²) in [5, 5.41) is 0. The summed E-state index contributed by atoms with van der Waals surface area (Å²) in [5.41, 5.74) is 2.14. The van der Waals surface area contributed by atoms with Gasteiger partial charge in [0.2, 0.25) is 5.91 Å². The summed E-state index contributed by atoms with van der Waals surface area (Å²) < 4.78 is 14.1. The Labute approximate surface area is 177 Å². The number of rotatable bonds is 4. The second-order valence-corrected chi connectivity index (χ2v) is 11.6. The lowest BCUT2D eigenvalue weighted by atomic mass is 9.47. The van der Waals surface area contributed by atoms with Crippen LogP contribution < -0.4 is 0 Å². The molecule has 3 heteroatoms. The highest BCUT2D eigenvalue weighted by molar-refractivity contribution is 5.75. The van der Waals surface area contributed by atoms with Crippen LogP contribution in [0.15, 0.2) is 11.6 Å². The summed E-state index contributed by atoms with van der Waals surface area (Å²) in [6, 6.07) is 0. The maximum absolute atomic E-state index is 14.1. The summed E-state index contributed by atoms with van der Waals surface area (Å²) in [4.78, 5) is 13.8. The molecule has 1 unspecified atom stereocenters. The highest BCUT2D eigenvalue weighted by Crippen LogP contribution is 2.67. The van der Waals surface area contributed by atoms with Crippen molar-refractivity contribution >= 4 is 5.91 Å². The topological polar surface area (TPSA) is 20.3 Å². The monoisotopic (exact) mass is 403 g/mol. The second-order valence-electron chi connectivity index (χ2n) is 11.6. The van der Waals surface area contributed by atoms with Gasteiger partial charge in [-0.15, -0.1) is 0 Å². The van der Waals surface area contributed by atoms with Crippen molar-refractivity contribution in [1.82, 2.24) is 4.90 Å². The molecule has 0 aromatic rings. The Balaban J connectivity index is 1.49. The molecule has 3 fully saturated rings. The molecule has 0 radical (unpaired) electrons. The summed E-state index contributed by atoms with van der Waals surface area (Å²) >= 11 is 0. The Hall–Kier alpha value is -0.860. The largest absolute Gasteiger partial charge is 0.349 e. The van der Waals surface area contributed by atoms with Gasteiger partial charge >= 0.3 is 0 Å². The minimum Gasteiger partial charge on any atom is -0.349 e. The molecule has 4 aliphatic rings. The lowest BCUT2D eigenvalue weighted by Crippen LogP contribution is -2.50. The van der Waals surface area contributed by atoms with E-state index >= 15 is 0 Å². The smallest absolute Gasteiger partial charge is 0.222 e. The zero-order valence-electron chi connectivity index (χ0n) is 19.3. The Kier molecular flexibility index (Phi) is 5.66. The third-order valence-corrected chi connectivity index (χ3v) is 10.1. The van der Waals surface area contributed by atoms with E-state index in [0.717, 1.165) is 42.9 Å². The molecule has 4 aliphatic carbocycles. The minimum atomic E-state index is -0.610. The van der Waals surface area contributed by atoms with Crippen LogP contribution in [-0.4, -0.2) is 31.1 Å². The van der Waals surface area contributed by atoms with Crippen LogP contribution in [0.4, 0.5) is 4.39 Å². The molecule has 3 saturated carbocycles. The fraction of sp³-hybridized carbons (Fsp3) is 0.885. The summed E-state index contributed by atoms with van der Waals surface area (Å²) in [7, 11) is 3.73. The molecule has 0 saturated heterocycles. The van der Waals surface area contributed by atoms with E-state index in [0.29, 0.717) is 24.2 Å². The van der Waals surface area contributed by atoms with Crippen molar-refractivity contribution in [2.24, 2.45) is 40.4 Å². The average Bonchev–Trinajstić information content (AvgIpc) is 3.03. The molecule has 0 N–H and O–H groups in total. The first-order valence-electron chi connectivity index (χ1n) is 12.2. The standard InChI is InChI=1S/C26H42FNO/c1-17(6-11-24(29)28(4)5)21-9-10-22-20-8-7-18-16-19(27)12-14-25(18,2)23(20)13-15-26(21,22)3/h7,17,19-23H,6,8-16H2,1-5H3/t17?,19-,20-,21+,22-,23-,25-,26+/m0/s1. The molecule has 4 rings (SSSR count). The van der Waals surface area contributed by atoms with Gasteiger partial charge in [0.05, 0.1) is 0 Å². The number of amides is 1. The van der Waals surface area contributed by atoms with Gasteiger partial charge in [-0.05, 0) is 91.8 Å². The minimum absolute atomic E-state index is 0.259. The quantitative estimate of drug-likeness (QED) is 0.497. The molecule has 1 amide bonds. The van der Waals surface area contributed by atoms with Gasteiger partial charge in [0.25, 0.3) is 0 Å². The fourth-order valence-corrected chi connectivity index (χ4v) is 8.37. The van der Waals surface area contributed by atoms with Crippen LogP contribution in [0.1, 0.15) is 85.0 Å². The number of nitrogens with zero attached hydrogens (tertiary/aromatic N) is 1. The van der Waals surface area contributed by atoms with E-state index in [4.69, 9.17) is 0 Å². The molecule has 8 atom stereocenters. The van der Waals surface area contributed by atoms with Crippen LogP contribution in [-0.2, 0) is 4.79 Å². The van der Waals surface area contributed by atoms with Crippen molar-refractivity contribution in [2.75, 3.05) is 14.1 Å². The van der Waals surface area contributed by atoms with Gasteiger partial charge in [-0.2, -0.15) is 0 Å². The first-order chi connectivity index (χ1) is 13.7. The third kappa shape index (κ3) is 3.49. The van der Waals surface area contributed by atoms with E-state index in [1.807, 2.05) is 14.1 Å². The first-order valence-corrected chi connectivity index (χ1v) is 12.2. The number of allylic oxidation sites excluding steroid dienone is 2. The predicted octanol–water partition coefficient (Wildman–Crippen LogP) is 6.41. The van der Waals surface area contributed by atoms with E-state index in [2.05, 4.69) is 26.8 Å². The Morgan fingerprint density at radius 3 is 2.66 bits per heavy atom. The highest BCUT2D eigenvalue weighted by atomic mass is 19.1. The number of carbonyl (C=O) groups is 1. The lowest BCUT2D eigenvalue weighted by molar-refractivity contribution is -0.129. The molecule has 0 heterocycles. The van der Waals surface area contributed by atoms with Gasteiger partial charge < -0.3 is 4.90 Å². The van der Waals surface area contributed by atoms with Crippen LogP contribution in [0.2, 0.25) is 0 Å². The third-order valence-electron chi connectivity index (χ3n) is 10.1. The van der Waals surface area contributed by atoms with E-state index in [1.54, 1.807) is 4.90 Å². The molecule has 0 aliphatic heterocycles. The number of fused-ring (bicyclic) bond motifs is 5. The van der Waals surface area contributed by atoms with Crippen LogP contribution >= 0.6 is 0 Å². The fourth-order valence-electron chi connectivity index (χ4n) is 8.37. The number of hydrogen-bond acceptors (Lipinski definition) is 1. The van der Waals surface area contributed by atoms with Gasteiger partial charge in [-0.3, -0.25) is 4.79 Å². The SMILES string of the molecule is CC(CCC(=O)N(C)C)[C@H]1CC[C@H]2[C@@H]3CC=C4C[C@@H](F)CC[C@]4(C)[C@H]3CC[C@]12C. The first kappa shape index (κ1) is 21.4. The van der Waals surface area contributed by atoms with E-state index in [1.165, 1.54) is 37.7 Å². The molecular formula is C26H42FNO. The molecule has 164 valence electrons. The lowest BCUT2D eigenvalue weighted by Gasteiger charge is -2.58. The summed E-state index contributed by atoms with van der Waals surface area (Å²) in [6.45, 7) is 7.44. The molecule has 29 heavy (non-hydrogen) atoms. The van der Waals surface area contributed by atoms with Crippen LogP contribution in [0.3, 0.4) is 0 Å². The highest BCUT2D eigenvalue weighted by Gasteiger charge is 2.59. The second kappa shape index (κ2) is 7.68. The van der Waals surface area contributed by atoms with E-state index < -0.39 is 6.17 Å². The van der Waals surface area contributed by atoms with E-state index in [9.17, 15) is 9.18 Å². The van der Waals surface area contributed by atoms with Crippen molar-refractivity contribution < 1.29 is 9.18 Å². The van der Waals surface area contributed by atoms with Crippen LogP contribution in [0, 0.1) is 40.4 Å². The summed E-state index contributed by atoms with van der Waals surface area (Å²) in [6.07, 6.45) is 12.6. The molecule has 2 nitrogen and oxygen atoms in total. The van der Waals surface area contributed by atoms with Crippen molar-refractivity contribution in [2.45, 2.75) is 91.2 Å². The molecule has 0 spiro atoms. The maximum atomic E-state index is 14.1. The normalized spacial score (nSPS) is 44.9. The Morgan fingerprint density at radius 2 is 1.93 bits per heavy atom. The van der Waals surface area contributed by atoms with Gasteiger partial charge in [-0.1, -0.05) is 32.4 Å². The summed E-state index contributed by atoms with van der Waals surface area (Å²) in [5.74, 6) is 4.01. The Bertz CT molecular complexity index is 672. The number of halogens is 1. The average molecular weight is 404 g/mol. The van der Waals surface area contributed by atoms with Gasteiger partial charge in [0.1, 0.15) is 6.17 Å². The zero-order chi connectivity index (χ0) is 21.0. The van der Waals surface area contributed by atoms with Gasteiger partial charge in [0, 0.05) is 26.9 Å². The number of carbonyl (C=O) groups excluding carboxylic acids is 1. The van der Waals surface area contributed by atoms with Crippen LogP contribution in [0.5, 0.6) is 0 Å². The van der Waals surface area contributed by atoms with Crippen molar-refractivity contribution in [3.8, 4) is 0 Å². The number of hydrogen-bond donors (Lipinski definition) is 0. The molecule has 0 aromatic carbocycles. The molecule has 0 aromatic heterocycles. The van der Waals surface area contributed by atoms with Gasteiger partial charge in [-0.25, -0.2) is 4.39 Å². The zero-order valence-corrected chi connectivity index (χ0v) is 19.3. The van der Waals surface area contributed by atoms with Crippen molar-refractivity contribution in [3.05, 3.63) is 11.6 Å². The van der Waals surface area contributed by atoms with E-state index in [-0.39, 0.29) is 11.3 Å². The van der Waals surface area contributed by atoms with Gasteiger partial charge in [0.15, 0.2) is 0 Å². The Morgan fingerprint density at radius 1 is 1.17 bits per heavy atom. The van der Waals surface area contributed by atoms with Crippen LogP contribution in [0.25, 0.3) is 0 Å². The predicted molar refractivity (Wildman–Crippen MR) is 117 cm³/mol. The van der Waals surface area contributed by atoms with Crippen molar-refractivity contribution in [1.29, 1.82) is 0 Å². The molecule has 0 bridgehead atoms. The molecular weight excluding hydrogens is 361 g/mol. The maximum Gasteiger partial charge on any atom is 0.222 e. The number of alkyl halides is 1. The van der Waals surface area contributed by atoms with Crippen molar-refractivity contribution in [3.63, 3.8) is 0 Å².